The number of nitrogens with one attached hydrogen (secondary N) is 1. The van der Waals surface area contributed by atoms with E-state index in [1.165, 1.54) is 12.1 Å². The van der Waals surface area contributed by atoms with E-state index in [-0.39, 0.29) is 23.7 Å². The van der Waals surface area contributed by atoms with Crippen LogP contribution in [-0.2, 0) is 11.2 Å². The zero-order valence-corrected chi connectivity index (χ0v) is 20.6. The molecule has 0 saturated heterocycles. The molecule has 0 aliphatic heterocycles. The average molecular weight is 510 g/mol. The van der Waals surface area contributed by atoms with Crippen LogP contribution in [0.1, 0.15) is 39.9 Å². The molecule has 7 nitrogen and oxygen atoms in total. The van der Waals surface area contributed by atoms with Gasteiger partial charge in [0.1, 0.15) is 11.9 Å². The zero-order valence-electron chi connectivity index (χ0n) is 20.6. The smallest absolute Gasteiger partial charge is 0.326 e. The van der Waals surface area contributed by atoms with E-state index < -0.39 is 23.7 Å². The van der Waals surface area contributed by atoms with Gasteiger partial charge in [-0.05, 0) is 67.8 Å². The molecule has 1 aliphatic carbocycles. The molecule has 5 rings (SSSR count). The molecule has 1 heterocycles. The number of aryl methyl sites for hydroxylation is 1. The third-order valence-electron chi connectivity index (χ3n) is 6.16. The van der Waals surface area contributed by atoms with Crippen LogP contribution in [0.15, 0.2) is 71.3 Å². The first-order valence-corrected chi connectivity index (χ1v) is 12.2. The van der Waals surface area contributed by atoms with Crippen molar-refractivity contribution in [3.63, 3.8) is 0 Å². The Morgan fingerprint density at radius 1 is 1.13 bits per heavy atom. The summed E-state index contributed by atoms with van der Waals surface area (Å²) in [5.41, 5.74) is 3.31. The van der Waals surface area contributed by atoms with Crippen molar-refractivity contribution in [1.82, 2.24) is 15.5 Å². The predicted molar refractivity (Wildman–Crippen MR) is 139 cm³/mol. The molecule has 0 radical (unpaired) electrons. The largest absolute Gasteiger partial charge is 0.480 e. The first-order valence-electron chi connectivity index (χ1n) is 12.2. The standard InChI is InChI=1S/C30H24FN3O4/c1-18-5-12-22(13-6-18)29-33-27(34-38-29)24-14-11-21(16-25(24)31)17-26(30(36)37)32-28(35)23-4-2-3-20(15-23)10-9-19-7-8-19/h2-6,11-16,19,26H,7-8,17H2,1H3,(H,32,35)(H,36,37). The SMILES string of the molecule is Cc1ccc(-c2nc(-c3ccc(CC(NC(=O)c4cccc(C#CC5CC5)c4)C(=O)O)cc3F)no2)cc1. The fraction of sp³-hybridized carbons (Fsp3) is 0.200. The maximum absolute atomic E-state index is 15.0. The maximum Gasteiger partial charge on any atom is 0.326 e. The topological polar surface area (TPSA) is 105 Å². The minimum Gasteiger partial charge on any atom is -0.480 e. The summed E-state index contributed by atoms with van der Waals surface area (Å²) in [6.45, 7) is 1.96. The Kier molecular flexibility index (Phi) is 7.00. The number of carboxylic acid groups (broad SMARTS) is 1. The summed E-state index contributed by atoms with van der Waals surface area (Å²) >= 11 is 0. The number of nitrogens with zero attached hydrogens (tertiary/aromatic N) is 2. The van der Waals surface area contributed by atoms with Crippen LogP contribution in [0.2, 0.25) is 0 Å². The van der Waals surface area contributed by atoms with Crippen LogP contribution in [0.5, 0.6) is 0 Å². The van der Waals surface area contributed by atoms with Crippen molar-refractivity contribution in [1.29, 1.82) is 0 Å². The lowest BCUT2D eigenvalue weighted by Crippen LogP contribution is -2.42. The van der Waals surface area contributed by atoms with E-state index in [9.17, 15) is 19.1 Å². The molecule has 3 aromatic carbocycles. The van der Waals surface area contributed by atoms with Gasteiger partial charge in [-0.25, -0.2) is 9.18 Å². The highest BCUT2D eigenvalue weighted by Crippen LogP contribution is 2.28. The number of carbonyl (C=O) groups is 2. The van der Waals surface area contributed by atoms with Gasteiger partial charge in [0.2, 0.25) is 5.82 Å². The first-order chi connectivity index (χ1) is 18.4. The first kappa shape index (κ1) is 24.9. The van der Waals surface area contributed by atoms with Gasteiger partial charge in [0.05, 0.1) is 5.56 Å². The number of hydrogen-bond donors (Lipinski definition) is 2. The Bertz CT molecular complexity index is 1560. The second-order valence-electron chi connectivity index (χ2n) is 9.30. The molecule has 4 aromatic rings. The van der Waals surface area contributed by atoms with E-state index in [0.717, 1.165) is 18.4 Å². The second-order valence-corrected chi connectivity index (χ2v) is 9.30. The van der Waals surface area contributed by atoms with E-state index >= 15 is 0 Å². The number of carboxylic acids is 1. The maximum atomic E-state index is 15.0. The van der Waals surface area contributed by atoms with Crippen molar-refractivity contribution < 1.29 is 23.6 Å². The number of hydrogen-bond acceptors (Lipinski definition) is 5. The Labute approximate surface area is 218 Å². The number of aromatic nitrogens is 2. The van der Waals surface area contributed by atoms with Crippen LogP contribution in [-0.4, -0.2) is 33.2 Å². The van der Waals surface area contributed by atoms with E-state index in [1.54, 1.807) is 30.3 Å². The Morgan fingerprint density at radius 3 is 2.63 bits per heavy atom. The van der Waals surface area contributed by atoms with Gasteiger partial charge in [-0.3, -0.25) is 4.79 Å². The van der Waals surface area contributed by atoms with Crippen molar-refractivity contribution in [2.75, 3.05) is 0 Å². The van der Waals surface area contributed by atoms with Gasteiger partial charge in [0, 0.05) is 29.0 Å². The summed E-state index contributed by atoms with van der Waals surface area (Å²) in [7, 11) is 0. The highest BCUT2D eigenvalue weighted by atomic mass is 19.1. The van der Waals surface area contributed by atoms with E-state index in [0.29, 0.717) is 28.2 Å². The molecule has 1 unspecified atom stereocenters. The quantitative estimate of drug-likeness (QED) is 0.338. The molecule has 0 bridgehead atoms. The molecule has 0 spiro atoms. The number of carbonyl (C=O) groups excluding carboxylic acids is 1. The predicted octanol–water partition coefficient (Wildman–Crippen LogP) is 5.04. The van der Waals surface area contributed by atoms with Gasteiger partial charge >= 0.3 is 5.97 Å². The van der Waals surface area contributed by atoms with Gasteiger partial charge in [-0.1, -0.05) is 46.8 Å². The molecule has 8 heteroatoms. The van der Waals surface area contributed by atoms with E-state index in [1.807, 2.05) is 31.2 Å². The van der Waals surface area contributed by atoms with Crippen LogP contribution >= 0.6 is 0 Å². The van der Waals surface area contributed by atoms with Crippen LogP contribution in [0.3, 0.4) is 0 Å². The van der Waals surface area contributed by atoms with Crippen molar-refractivity contribution in [2.24, 2.45) is 5.92 Å². The zero-order chi connectivity index (χ0) is 26.6. The fourth-order valence-electron chi connectivity index (χ4n) is 3.84. The summed E-state index contributed by atoms with van der Waals surface area (Å²) in [6, 6.07) is 17.2. The molecule has 1 amide bonds. The number of benzene rings is 3. The molecule has 1 aromatic heterocycles. The number of amides is 1. The normalized spacial score (nSPS) is 13.3. The Hall–Kier alpha value is -4.77. The minimum absolute atomic E-state index is 0.0809. The number of aliphatic carboxylic acids is 1. The van der Waals surface area contributed by atoms with Gasteiger partial charge in [0.25, 0.3) is 11.8 Å². The Balaban J connectivity index is 1.28. The molecule has 1 atom stereocenters. The van der Waals surface area contributed by atoms with E-state index in [2.05, 4.69) is 27.3 Å². The molecule has 38 heavy (non-hydrogen) atoms. The molecule has 1 aliphatic rings. The highest BCUT2D eigenvalue weighted by Gasteiger charge is 2.23. The minimum atomic E-state index is -1.26. The van der Waals surface area contributed by atoms with Crippen molar-refractivity contribution in [3.05, 3.63) is 94.8 Å². The van der Waals surface area contributed by atoms with Gasteiger partial charge in [-0.2, -0.15) is 4.98 Å². The lowest BCUT2D eigenvalue weighted by atomic mass is 10.0. The molecule has 2 N–H and O–H groups in total. The lowest BCUT2D eigenvalue weighted by molar-refractivity contribution is -0.139. The molecule has 190 valence electrons. The fourth-order valence-corrected chi connectivity index (χ4v) is 3.84. The average Bonchev–Trinajstić information content (AvgIpc) is 3.62. The monoisotopic (exact) mass is 509 g/mol. The lowest BCUT2D eigenvalue weighted by Gasteiger charge is -2.15. The van der Waals surface area contributed by atoms with Crippen LogP contribution < -0.4 is 5.32 Å². The van der Waals surface area contributed by atoms with Crippen LogP contribution in [0.4, 0.5) is 4.39 Å². The van der Waals surface area contributed by atoms with Gasteiger partial charge in [-0.15, -0.1) is 0 Å². The van der Waals surface area contributed by atoms with Crippen molar-refractivity contribution in [3.8, 4) is 34.7 Å². The van der Waals surface area contributed by atoms with Gasteiger partial charge < -0.3 is 14.9 Å². The van der Waals surface area contributed by atoms with Gasteiger partial charge in [0.15, 0.2) is 0 Å². The summed E-state index contributed by atoms with van der Waals surface area (Å²) < 4.78 is 20.3. The molecular formula is C30H24FN3O4. The molecular weight excluding hydrogens is 485 g/mol. The van der Waals surface area contributed by atoms with Crippen molar-refractivity contribution >= 4 is 11.9 Å². The summed E-state index contributed by atoms with van der Waals surface area (Å²) in [5.74, 6) is 4.56. The highest BCUT2D eigenvalue weighted by molar-refractivity contribution is 5.97. The second kappa shape index (κ2) is 10.7. The molecule has 1 saturated carbocycles. The third kappa shape index (κ3) is 5.95. The van der Waals surface area contributed by atoms with Crippen molar-refractivity contribution in [2.45, 2.75) is 32.2 Å². The molecule has 1 fully saturated rings. The van der Waals surface area contributed by atoms with Crippen LogP contribution in [0.25, 0.3) is 22.8 Å². The van der Waals surface area contributed by atoms with Crippen LogP contribution in [0, 0.1) is 30.5 Å². The number of halogens is 1. The summed E-state index contributed by atoms with van der Waals surface area (Å²) in [6.07, 6.45) is 2.08. The third-order valence-corrected chi connectivity index (χ3v) is 6.16. The van der Waals surface area contributed by atoms with E-state index in [4.69, 9.17) is 4.52 Å². The summed E-state index contributed by atoms with van der Waals surface area (Å²) in [5, 5.41) is 16.1. The summed E-state index contributed by atoms with van der Waals surface area (Å²) in [4.78, 5) is 29.0. The number of rotatable bonds is 7. The Morgan fingerprint density at radius 2 is 1.92 bits per heavy atom.